The van der Waals surface area contributed by atoms with E-state index in [0.29, 0.717) is 6.61 Å². The van der Waals surface area contributed by atoms with Crippen LogP contribution in [0.3, 0.4) is 0 Å². The van der Waals surface area contributed by atoms with Gasteiger partial charge in [0.1, 0.15) is 0 Å². The molecule has 0 aliphatic rings. The van der Waals surface area contributed by atoms with Crippen molar-refractivity contribution in [3.8, 4) is 0 Å². The summed E-state index contributed by atoms with van der Waals surface area (Å²) in [5, 5.41) is 0. The average Bonchev–Trinajstić information content (AvgIpc) is 2.38. The van der Waals surface area contributed by atoms with Gasteiger partial charge in [-0.3, -0.25) is 0 Å². The zero-order valence-electron chi connectivity index (χ0n) is 5.65. The highest BCUT2D eigenvalue weighted by atomic mass is 32.1. The molecule has 1 heterocycles. The van der Waals surface area contributed by atoms with E-state index in [2.05, 4.69) is 8.75 Å². The normalized spacial score (nSPS) is 13.4. The van der Waals surface area contributed by atoms with Crippen molar-refractivity contribution in [3.05, 3.63) is 11.9 Å². The van der Waals surface area contributed by atoms with Crippen molar-refractivity contribution in [2.75, 3.05) is 13.7 Å². The maximum absolute atomic E-state index is 5.63. The fourth-order valence-corrected chi connectivity index (χ4v) is 1.08. The molecule has 0 bridgehead atoms. The first kappa shape index (κ1) is 7.59. The molecule has 1 unspecified atom stereocenters. The van der Waals surface area contributed by atoms with Gasteiger partial charge >= 0.3 is 0 Å². The second-order valence-electron chi connectivity index (χ2n) is 1.89. The molecule has 0 aliphatic heterocycles. The number of hydrogen-bond acceptors (Lipinski definition) is 5. The van der Waals surface area contributed by atoms with E-state index < -0.39 is 0 Å². The quantitative estimate of drug-likeness (QED) is 0.683. The van der Waals surface area contributed by atoms with Gasteiger partial charge in [0.15, 0.2) is 0 Å². The Bertz CT molecular complexity index is 177. The molecular formula is C5H9N3OS. The van der Waals surface area contributed by atoms with Crippen molar-refractivity contribution in [1.82, 2.24) is 8.75 Å². The zero-order valence-corrected chi connectivity index (χ0v) is 6.47. The van der Waals surface area contributed by atoms with Crippen LogP contribution in [0.25, 0.3) is 0 Å². The van der Waals surface area contributed by atoms with Crippen molar-refractivity contribution in [2.24, 2.45) is 5.73 Å². The van der Waals surface area contributed by atoms with Crippen LogP contribution in [0.5, 0.6) is 0 Å². The van der Waals surface area contributed by atoms with Crippen LogP contribution in [0, 0.1) is 0 Å². The molecule has 2 N–H and O–H groups in total. The maximum Gasteiger partial charge on any atom is 0.0933 e. The third-order valence-electron chi connectivity index (χ3n) is 1.10. The summed E-state index contributed by atoms with van der Waals surface area (Å²) >= 11 is 1.16. The zero-order chi connectivity index (χ0) is 7.40. The Morgan fingerprint density at radius 2 is 2.70 bits per heavy atom. The molecule has 0 radical (unpaired) electrons. The lowest BCUT2D eigenvalue weighted by Gasteiger charge is -2.04. The van der Waals surface area contributed by atoms with Crippen LogP contribution in [-0.2, 0) is 4.74 Å². The fourth-order valence-electron chi connectivity index (χ4n) is 0.600. The molecule has 0 saturated heterocycles. The number of rotatable bonds is 3. The molecule has 10 heavy (non-hydrogen) atoms. The molecule has 5 heteroatoms. The van der Waals surface area contributed by atoms with E-state index in [1.807, 2.05) is 0 Å². The average molecular weight is 159 g/mol. The molecule has 0 saturated carbocycles. The van der Waals surface area contributed by atoms with E-state index in [4.69, 9.17) is 10.5 Å². The summed E-state index contributed by atoms with van der Waals surface area (Å²) in [6.45, 7) is 0.491. The summed E-state index contributed by atoms with van der Waals surface area (Å²) in [6.07, 6.45) is 1.66. The number of nitrogens with two attached hydrogens (primary N) is 1. The Morgan fingerprint density at radius 3 is 3.20 bits per heavy atom. The van der Waals surface area contributed by atoms with Gasteiger partial charge in [0.25, 0.3) is 0 Å². The summed E-state index contributed by atoms with van der Waals surface area (Å²) in [6, 6.07) is -0.135. The first-order valence-electron chi connectivity index (χ1n) is 2.86. The Balaban J connectivity index is 2.50. The number of nitrogens with zero attached hydrogens (tertiary/aromatic N) is 2. The monoisotopic (exact) mass is 159 g/mol. The van der Waals surface area contributed by atoms with Gasteiger partial charge in [-0.05, 0) is 0 Å². The van der Waals surface area contributed by atoms with Crippen molar-refractivity contribution in [3.63, 3.8) is 0 Å². The van der Waals surface area contributed by atoms with E-state index in [0.717, 1.165) is 17.4 Å². The third kappa shape index (κ3) is 1.73. The highest BCUT2D eigenvalue weighted by Gasteiger charge is 2.06. The van der Waals surface area contributed by atoms with Crippen LogP contribution < -0.4 is 5.73 Å². The smallest absolute Gasteiger partial charge is 0.0933 e. The highest BCUT2D eigenvalue weighted by Crippen LogP contribution is 2.05. The maximum atomic E-state index is 5.63. The van der Waals surface area contributed by atoms with Gasteiger partial charge in [-0.1, -0.05) is 0 Å². The van der Waals surface area contributed by atoms with Crippen molar-refractivity contribution >= 4 is 11.7 Å². The van der Waals surface area contributed by atoms with Gasteiger partial charge < -0.3 is 10.5 Å². The summed E-state index contributed by atoms with van der Waals surface area (Å²) in [7, 11) is 1.61. The lowest BCUT2D eigenvalue weighted by atomic mass is 10.2. The van der Waals surface area contributed by atoms with E-state index in [1.54, 1.807) is 13.3 Å². The van der Waals surface area contributed by atoms with Crippen LogP contribution in [0.1, 0.15) is 11.7 Å². The Kier molecular flexibility index (Phi) is 2.73. The van der Waals surface area contributed by atoms with Gasteiger partial charge in [-0.2, -0.15) is 8.75 Å². The first-order chi connectivity index (χ1) is 4.84. The molecule has 0 aliphatic carbocycles. The topological polar surface area (TPSA) is 61.0 Å². The summed E-state index contributed by atoms with van der Waals surface area (Å²) in [4.78, 5) is 0. The van der Waals surface area contributed by atoms with Gasteiger partial charge in [-0.25, -0.2) is 0 Å². The molecule has 0 aromatic carbocycles. The van der Waals surface area contributed by atoms with Gasteiger partial charge in [0.2, 0.25) is 0 Å². The lowest BCUT2D eigenvalue weighted by Crippen LogP contribution is -2.16. The van der Waals surface area contributed by atoms with Crippen molar-refractivity contribution in [2.45, 2.75) is 6.04 Å². The molecule has 0 amide bonds. The molecule has 1 aromatic heterocycles. The molecule has 1 aromatic rings. The predicted octanol–water partition coefficient (Wildman–Crippen LogP) is 0.184. The van der Waals surface area contributed by atoms with E-state index in [9.17, 15) is 0 Å². The van der Waals surface area contributed by atoms with Crippen LogP contribution in [0.15, 0.2) is 6.20 Å². The first-order valence-corrected chi connectivity index (χ1v) is 3.59. The van der Waals surface area contributed by atoms with Gasteiger partial charge in [0.05, 0.1) is 36.3 Å². The molecule has 0 fully saturated rings. The number of methoxy groups -OCH3 is 1. The standard InChI is InChI=1S/C5H9N3OS/c1-9-3-4(6)5-2-7-10-8-5/h2,4H,3,6H2,1H3. The molecular weight excluding hydrogens is 150 g/mol. The molecule has 56 valence electrons. The molecule has 0 spiro atoms. The summed E-state index contributed by atoms with van der Waals surface area (Å²) in [5.74, 6) is 0. The lowest BCUT2D eigenvalue weighted by molar-refractivity contribution is 0.180. The predicted molar refractivity (Wildman–Crippen MR) is 38.7 cm³/mol. The second kappa shape index (κ2) is 3.60. The Morgan fingerprint density at radius 1 is 1.90 bits per heavy atom. The number of hydrogen-bond donors (Lipinski definition) is 1. The fraction of sp³-hybridized carbons (Fsp3) is 0.600. The second-order valence-corrected chi connectivity index (χ2v) is 2.45. The molecule has 1 atom stereocenters. The SMILES string of the molecule is COCC(N)c1cnsn1. The minimum absolute atomic E-state index is 0.135. The van der Waals surface area contributed by atoms with E-state index >= 15 is 0 Å². The summed E-state index contributed by atoms with van der Waals surface area (Å²) in [5.41, 5.74) is 6.43. The largest absolute Gasteiger partial charge is 0.383 e. The molecule has 4 nitrogen and oxygen atoms in total. The minimum Gasteiger partial charge on any atom is -0.383 e. The third-order valence-corrected chi connectivity index (χ3v) is 1.60. The van der Waals surface area contributed by atoms with E-state index in [-0.39, 0.29) is 6.04 Å². The van der Waals surface area contributed by atoms with Crippen molar-refractivity contribution in [1.29, 1.82) is 0 Å². The van der Waals surface area contributed by atoms with Crippen LogP contribution in [0.2, 0.25) is 0 Å². The van der Waals surface area contributed by atoms with Crippen molar-refractivity contribution < 1.29 is 4.74 Å². The van der Waals surface area contributed by atoms with Gasteiger partial charge in [0, 0.05) is 7.11 Å². The van der Waals surface area contributed by atoms with Crippen LogP contribution in [-0.4, -0.2) is 22.5 Å². The van der Waals surface area contributed by atoms with E-state index in [1.165, 1.54) is 0 Å². The minimum atomic E-state index is -0.135. The molecule has 1 rings (SSSR count). The van der Waals surface area contributed by atoms with Crippen LogP contribution in [0.4, 0.5) is 0 Å². The van der Waals surface area contributed by atoms with Crippen LogP contribution >= 0.6 is 11.7 Å². The summed E-state index contributed by atoms with van der Waals surface area (Å²) < 4.78 is 12.6. The number of ether oxygens (including phenoxy) is 1. The Hall–Kier alpha value is -0.520. The number of aromatic nitrogens is 2. The Labute approximate surface area is 63.3 Å². The highest BCUT2D eigenvalue weighted by molar-refractivity contribution is 6.99. The van der Waals surface area contributed by atoms with Gasteiger partial charge in [-0.15, -0.1) is 0 Å².